The minimum Gasteiger partial charge on any atom is -0.442 e. The molecule has 1 N–H and O–H groups in total. The monoisotopic (exact) mass is 447 g/mol. The number of benzene rings is 1. The number of hydrogen-bond acceptors (Lipinski definition) is 9. The second-order valence-electron chi connectivity index (χ2n) is 7.76. The first-order valence-electron chi connectivity index (χ1n) is 10.4. The zero-order chi connectivity index (χ0) is 22.7. The van der Waals surface area contributed by atoms with Gasteiger partial charge in [-0.15, -0.1) is 0 Å². The third-order valence-electron chi connectivity index (χ3n) is 5.41. The Morgan fingerprint density at radius 2 is 2.16 bits per heavy atom. The van der Waals surface area contributed by atoms with Gasteiger partial charge >= 0.3 is 6.09 Å². The molecule has 0 bridgehead atoms. The molecule has 0 aromatic heterocycles. The van der Waals surface area contributed by atoms with Crippen molar-refractivity contribution in [3.63, 3.8) is 0 Å². The first-order chi connectivity index (χ1) is 15.4. The molecular formula is C20H26FN7O4. The Hall–Kier alpha value is -3.57. The Labute approximate surface area is 185 Å². The van der Waals surface area contributed by atoms with E-state index < -0.39 is 18.0 Å². The number of amidine groups is 1. The lowest BCUT2D eigenvalue weighted by Crippen LogP contribution is -2.45. The van der Waals surface area contributed by atoms with E-state index in [4.69, 9.17) is 9.57 Å². The van der Waals surface area contributed by atoms with E-state index in [2.05, 4.69) is 15.6 Å². The minimum atomic E-state index is -0.567. The van der Waals surface area contributed by atoms with E-state index in [1.165, 1.54) is 17.9 Å². The van der Waals surface area contributed by atoms with Gasteiger partial charge in [-0.05, 0) is 18.2 Å². The first kappa shape index (κ1) is 21.7. The molecule has 0 saturated carbocycles. The number of likely N-dealkylation sites (N-methyl/N-ethyl adjacent to an activating group) is 1. The van der Waals surface area contributed by atoms with Crippen LogP contribution in [0.25, 0.3) is 0 Å². The summed E-state index contributed by atoms with van der Waals surface area (Å²) in [5.41, 5.74) is 0.769. The lowest BCUT2D eigenvalue weighted by atomic mass is 10.2. The average molecular weight is 447 g/mol. The van der Waals surface area contributed by atoms with E-state index in [9.17, 15) is 14.0 Å². The second kappa shape index (κ2) is 9.28. The topological polar surface area (TPSA) is 102 Å². The normalized spacial score (nSPS) is 20.8. The van der Waals surface area contributed by atoms with Gasteiger partial charge in [-0.2, -0.15) is 5.10 Å². The molecule has 0 spiro atoms. The Bertz CT molecular complexity index is 941. The van der Waals surface area contributed by atoms with Crippen LogP contribution in [0.2, 0.25) is 0 Å². The van der Waals surface area contributed by atoms with Crippen molar-refractivity contribution < 1.29 is 23.6 Å². The highest BCUT2D eigenvalue weighted by Gasteiger charge is 2.33. The molecule has 12 heteroatoms. The zero-order valence-corrected chi connectivity index (χ0v) is 18.0. The SMILES string of the molecule is CC(=O)NC[C@H]1CN(c2ccc(N3C=NN(CC4=NOCCN4C)CC3)c(F)c2)C(=O)O1. The van der Waals surface area contributed by atoms with Gasteiger partial charge in [0.1, 0.15) is 24.9 Å². The van der Waals surface area contributed by atoms with E-state index in [-0.39, 0.29) is 19.0 Å². The third-order valence-corrected chi connectivity index (χ3v) is 5.41. The first-order valence-corrected chi connectivity index (χ1v) is 10.4. The van der Waals surface area contributed by atoms with Crippen molar-refractivity contribution in [3.05, 3.63) is 24.0 Å². The van der Waals surface area contributed by atoms with Crippen molar-refractivity contribution in [3.8, 4) is 0 Å². The van der Waals surface area contributed by atoms with Crippen molar-refractivity contribution in [2.24, 2.45) is 10.3 Å². The number of cyclic esters (lactones) is 1. The molecule has 4 rings (SSSR count). The van der Waals surface area contributed by atoms with E-state index in [0.717, 1.165) is 12.4 Å². The highest BCUT2D eigenvalue weighted by atomic mass is 19.1. The largest absolute Gasteiger partial charge is 0.442 e. The van der Waals surface area contributed by atoms with Gasteiger partial charge in [-0.1, -0.05) is 5.16 Å². The number of hydrazone groups is 1. The van der Waals surface area contributed by atoms with Crippen LogP contribution in [0.1, 0.15) is 6.92 Å². The summed E-state index contributed by atoms with van der Waals surface area (Å²) >= 11 is 0. The summed E-state index contributed by atoms with van der Waals surface area (Å²) in [6.45, 7) is 4.83. The fraction of sp³-hybridized carbons (Fsp3) is 0.500. The van der Waals surface area contributed by atoms with Crippen molar-refractivity contribution in [2.45, 2.75) is 13.0 Å². The van der Waals surface area contributed by atoms with E-state index in [0.29, 0.717) is 37.6 Å². The van der Waals surface area contributed by atoms with Crippen LogP contribution in [0.3, 0.4) is 0 Å². The van der Waals surface area contributed by atoms with Crippen LogP contribution in [-0.4, -0.2) is 93.1 Å². The fourth-order valence-corrected chi connectivity index (χ4v) is 3.58. The smallest absolute Gasteiger partial charge is 0.414 e. The minimum absolute atomic E-state index is 0.205. The van der Waals surface area contributed by atoms with Crippen LogP contribution in [0.5, 0.6) is 0 Å². The van der Waals surface area contributed by atoms with Crippen LogP contribution >= 0.6 is 0 Å². The van der Waals surface area contributed by atoms with Crippen LogP contribution in [0, 0.1) is 5.82 Å². The number of oxime groups is 1. The zero-order valence-electron chi connectivity index (χ0n) is 18.0. The van der Waals surface area contributed by atoms with Gasteiger partial charge in [0.25, 0.3) is 0 Å². The Morgan fingerprint density at radius 3 is 2.84 bits per heavy atom. The van der Waals surface area contributed by atoms with Gasteiger partial charge in [-0.3, -0.25) is 14.7 Å². The highest BCUT2D eigenvalue weighted by molar-refractivity contribution is 5.91. The van der Waals surface area contributed by atoms with Gasteiger partial charge in [0.2, 0.25) is 5.91 Å². The summed E-state index contributed by atoms with van der Waals surface area (Å²) in [5.74, 6) is 0.126. The maximum absolute atomic E-state index is 14.9. The third kappa shape index (κ3) is 4.84. The predicted molar refractivity (Wildman–Crippen MR) is 116 cm³/mol. The summed E-state index contributed by atoms with van der Waals surface area (Å²) < 4.78 is 20.1. The second-order valence-corrected chi connectivity index (χ2v) is 7.76. The number of carbonyl (C=O) groups is 2. The molecule has 3 aliphatic rings. The Morgan fingerprint density at radius 1 is 1.31 bits per heavy atom. The maximum Gasteiger partial charge on any atom is 0.414 e. The number of nitrogens with zero attached hydrogens (tertiary/aromatic N) is 6. The number of halogens is 1. The van der Waals surface area contributed by atoms with Gasteiger partial charge in [-0.25, -0.2) is 9.18 Å². The molecule has 1 atom stereocenters. The summed E-state index contributed by atoms with van der Waals surface area (Å²) in [6.07, 6.45) is 0.536. The van der Waals surface area contributed by atoms with Crippen LogP contribution < -0.4 is 15.1 Å². The molecule has 1 fully saturated rings. The molecule has 0 aliphatic carbocycles. The summed E-state index contributed by atoms with van der Waals surface area (Å²) in [7, 11) is 1.95. The maximum atomic E-state index is 14.9. The number of ether oxygens (including phenoxy) is 1. The van der Waals surface area contributed by atoms with Gasteiger partial charge in [0.05, 0.1) is 44.1 Å². The lowest BCUT2D eigenvalue weighted by Gasteiger charge is -2.32. The number of rotatable bonds is 6. The molecule has 3 aliphatic heterocycles. The van der Waals surface area contributed by atoms with E-state index in [1.807, 2.05) is 17.0 Å². The van der Waals surface area contributed by atoms with Crippen LogP contribution in [0.4, 0.5) is 20.6 Å². The number of hydrogen-bond donors (Lipinski definition) is 1. The molecule has 1 aromatic carbocycles. The predicted octanol–water partition coefficient (Wildman–Crippen LogP) is 0.628. The molecule has 1 aromatic rings. The number of nitrogens with one attached hydrogen (secondary N) is 1. The van der Waals surface area contributed by atoms with Gasteiger partial charge in [0.15, 0.2) is 5.84 Å². The van der Waals surface area contributed by atoms with Gasteiger partial charge < -0.3 is 24.7 Å². The molecule has 172 valence electrons. The fourth-order valence-electron chi connectivity index (χ4n) is 3.58. The van der Waals surface area contributed by atoms with Crippen molar-refractivity contribution >= 4 is 35.5 Å². The number of anilines is 2. The Balaban J connectivity index is 1.38. The standard InChI is InChI=1S/C20H26FN7O4/c1-14(29)22-10-16-11-28(20(30)32-16)15-3-4-18(17(21)9-15)26-5-6-27(23-13-26)12-19-24-31-8-7-25(19)2/h3-4,9,13,16H,5-8,10-12H2,1-2H3,(H,22,29)/t16-/m0/s1. The molecule has 2 amide bonds. The molecule has 0 radical (unpaired) electrons. The average Bonchev–Trinajstić information content (AvgIpc) is 3.15. The summed E-state index contributed by atoms with van der Waals surface area (Å²) in [5, 5.41) is 12.9. The molecule has 32 heavy (non-hydrogen) atoms. The van der Waals surface area contributed by atoms with Crippen molar-refractivity contribution in [1.82, 2.24) is 15.2 Å². The van der Waals surface area contributed by atoms with E-state index >= 15 is 0 Å². The molecular weight excluding hydrogens is 421 g/mol. The number of carbonyl (C=O) groups excluding carboxylic acids is 2. The molecule has 1 saturated heterocycles. The molecule has 3 heterocycles. The molecule has 0 unspecified atom stereocenters. The van der Waals surface area contributed by atoms with Crippen LogP contribution in [0.15, 0.2) is 28.5 Å². The number of amides is 2. The summed E-state index contributed by atoms with van der Waals surface area (Å²) in [6, 6.07) is 4.60. The van der Waals surface area contributed by atoms with Crippen LogP contribution in [-0.2, 0) is 14.4 Å². The quantitative estimate of drug-likeness (QED) is 0.682. The van der Waals surface area contributed by atoms with Crippen molar-refractivity contribution in [1.29, 1.82) is 0 Å². The lowest BCUT2D eigenvalue weighted by molar-refractivity contribution is -0.119. The summed E-state index contributed by atoms with van der Waals surface area (Å²) in [4.78, 5) is 33.5. The van der Waals surface area contributed by atoms with Gasteiger partial charge in [0, 0.05) is 20.5 Å². The highest BCUT2D eigenvalue weighted by Crippen LogP contribution is 2.28. The van der Waals surface area contributed by atoms with E-state index in [1.54, 1.807) is 23.4 Å². The molecule has 11 nitrogen and oxygen atoms in total. The Kier molecular flexibility index (Phi) is 6.28. The van der Waals surface area contributed by atoms with Crippen molar-refractivity contribution in [2.75, 3.05) is 62.7 Å².